The summed E-state index contributed by atoms with van der Waals surface area (Å²) >= 11 is 0. The number of aliphatic hydroxyl groups is 1. The van der Waals surface area contributed by atoms with Gasteiger partial charge in [0.05, 0.1) is 17.8 Å². The van der Waals surface area contributed by atoms with Gasteiger partial charge in [0.2, 0.25) is 0 Å². The van der Waals surface area contributed by atoms with Gasteiger partial charge in [0.15, 0.2) is 11.5 Å². The Morgan fingerprint density at radius 3 is 2.23 bits per heavy atom. The molecule has 1 N–H and O–H groups in total. The monoisotopic (exact) mass is 375 g/mol. The Balaban J connectivity index is 2.52. The van der Waals surface area contributed by atoms with E-state index in [0.717, 1.165) is 0 Å². The number of benzene rings is 1. The zero-order valence-electron chi connectivity index (χ0n) is 14.2. The number of hydrogen-bond acceptors (Lipinski definition) is 3. The lowest BCUT2D eigenvalue weighted by atomic mass is 9.73. The van der Waals surface area contributed by atoms with Crippen LogP contribution >= 0.6 is 0 Å². The number of alkyl halides is 5. The van der Waals surface area contributed by atoms with Gasteiger partial charge >= 0.3 is 12.1 Å². The van der Waals surface area contributed by atoms with Crippen molar-refractivity contribution in [3.05, 3.63) is 47.2 Å². The van der Waals surface area contributed by atoms with Gasteiger partial charge in [-0.2, -0.15) is 22.0 Å². The Hall–Kier alpha value is -2.25. The number of aliphatic imine (C=N–C) groups is 1. The summed E-state index contributed by atoms with van der Waals surface area (Å²) in [6.07, 6.45) is -6.27. The maximum absolute atomic E-state index is 13.6. The second-order valence-electron chi connectivity index (χ2n) is 6.99. The fourth-order valence-corrected chi connectivity index (χ4v) is 2.75. The fraction of sp³-hybridized carbons (Fsp3) is 0.444. The van der Waals surface area contributed by atoms with Crippen LogP contribution in [0.2, 0.25) is 0 Å². The molecule has 0 aliphatic heterocycles. The van der Waals surface area contributed by atoms with Crippen LogP contribution in [0.15, 0.2) is 46.7 Å². The van der Waals surface area contributed by atoms with E-state index < -0.39 is 34.6 Å². The van der Waals surface area contributed by atoms with E-state index in [4.69, 9.17) is 0 Å². The summed E-state index contributed by atoms with van der Waals surface area (Å²) in [7, 11) is 0. The molecule has 8 heteroatoms. The van der Waals surface area contributed by atoms with Crippen molar-refractivity contribution in [3.8, 4) is 0 Å². The first kappa shape index (κ1) is 20.1. The summed E-state index contributed by atoms with van der Waals surface area (Å²) < 4.78 is 64.9. The molecule has 0 spiro atoms. The van der Waals surface area contributed by atoms with Crippen LogP contribution in [0.5, 0.6) is 0 Å². The lowest BCUT2D eigenvalue weighted by Gasteiger charge is -2.32. The van der Waals surface area contributed by atoms with Gasteiger partial charge in [-0.1, -0.05) is 44.2 Å². The largest absolute Gasteiger partial charge is 0.505 e. The summed E-state index contributed by atoms with van der Waals surface area (Å²) in [6, 6.07) is 8.60. The average molecular weight is 375 g/mol. The highest BCUT2D eigenvalue weighted by atomic mass is 19.4. The van der Waals surface area contributed by atoms with Crippen LogP contribution < -0.4 is 0 Å². The first-order chi connectivity index (χ1) is 11.8. The van der Waals surface area contributed by atoms with E-state index in [0.29, 0.717) is 5.56 Å². The maximum Gasteiger partial charge on any atom is 0.461 e. The zero-order valence-corrected chi connectivity index (χ0v) is 14.2. The van der Waals surface area contributed by atoms with E-state index in [1.807, 2.05) is 0 Å². The van der Waals surface area contributed by atoms with Gasteiger partial charge in [-0.05, 0) is 17.4 Å². The highest BCUT2D eigenvalue weighted by molar-refractivity contribution is 6.24. The van der Waals surface area contributed by atoms with Crippen LogP contribution in [-0.4, -0.2) is 28.7 Å². The lowest BCUT2D eigenvalue weighted by molar-refractivity contribution is -0.274. The molecule has 1 saturated carbocycles. The molecule has 0 saturated heterocycles. The van der Waals surface area contributed by atoms with Crippen molar-refractivity contribution in [1.82, 2.24) is 0 Å². The molecule has 0 atom stereocenters. The number of carbonyl (C=O) groups excluding carboxylic acids is 1. The summed E-state index contributed by atoms with van der Waals surface area (Å²) in [5, 5.41) is 9.65. The number of rotatable bonds is 3. The molecule has 142 valence electrons. The lowest BCUT2D eigenvalue weighted by Crippen LogP contribution is -2.42. The molecule has 0 radical (unpaired) electrons. The minimum atomic E-state index is -6.01. The SMILES string of the molecule is CC1(C)CC(=O)/C(=C(/O)C(F)(F)C(F)(F)F)C(=NCc2ccccc2)C1. The van der Waals surface area contributed by atoms with E-state index in [2.05, 4.69) is 4.99 Å². The van der Waals surface area contributed by atoms with Gasteiger partial charge in [-0.15, -0.1) is 0 Å². The first-order valence-corrected chi connectivity index (χ1v) is 7.84. The second-order valence-corrected chi connectivity index (χ2v) is 6.99. The van der Waals surface area contributed by atoms with Gasteiger partial charge in [0.1, 0.15) is 0 Å². The molecule has 1 fully saturated rings. The number of hydrogen-bond donors (Lipinski definition) is 1. The minimum Gasteiger partial charge on any atom is -0.505 e. The highest BCUT2D eigenvalue weighted by Crippen LogP contribution is 2.44. The van der Waals surface area contributed by atoms with E-state index >= 15 is 0 Å². The van der Waals surface area contributed by atoms with Crippen LogP contribution in [0.1, 0.15) is 32.3 Å². The van der Waals surface area contributed by atoms with Gasteiger partial charge in [0, 0.05) is 6.42 Å². The third-order valence-electron chi connectivity index (χ3n) is 4.04. The summed E-state index contributed by atoms with van der Waals surface area (Å²) in [5.74, 6) is -8.78. The number of aliphatic hydroxyl groups excluding tert-OH is 1. The Morgan fingerprint density at radius 1 is 1.12 bits per heavy atom. The molecule has 0 aromatic heterocycles. The number of halogens is 5. The van der Waals surface area contributed by atoms with E-state index in [-0.39, 0.29) is 25.1 Å². The minimum absolute atomic E-state index is 0.00109. The highest BCUT2D eigenvalue weighted by Gasteiger charge is 2.62. The Morgan fingerprint density at radius 2 is 1.69 bits per heavy atom. The molecule has 1 aromatic carbocycles. The normalized spacial score (nSPS) is 21.8. The van der Waals surface area contributed by atoms with Crippen LogP contribution in [0, 0.1) is 5.41 Å². The Bertz CT molecular complexity index is 749. The van der Waals surface area contributed by atoms with E-state index in [9.17, 15) is 31.9 Å². The molecular weight excluding hydrogens is 357 g/mol. The standard InChI is InChI=1S/C18H18F5NO2/c1-16(2)8-12(24-10-11-6-4-3-5-7-11)14(13(25)9-16)15(26)17(19,20)18(21,22)23/h3-7,26H,8-10H2,1-2H3/b15-14+,24-12?. The van der Waals surface area contributed by atoms with Crippen molar-refractivity contribution in [2.45, 2.75) is 45.3 Å². The van der Waals surface area contributed by atoms with Gasteiger partial charge in [-0.25, -0.2) is 0 Å². The van der Waals surface area contributed by atoms with E-state index in [1.165, 1.54) is 0 Å². The van der Waals surface area contributed by atoms with Crippen molar-refractivity contribution in [2.24, 2.45) is 10.4 Å². The van der Waals surface area contributed by atoms with Crippen molar-refractivity contribution < 1.29 is 31.9 Å². The molecule has 1 aliphatic rings. The molecular formula is C18H18F5NO2. The van der Waals surface area contributed by atoms with E-state index in [1.54, 1.807) is 44.2 Å². The predicted molar refractivity (Wildman–Crippen MR) is 86.3 cm³/mol. The first-order valence-electron chi connectivity index (χ1n) is 7.84. The third-order valence-corrected chi connectivity index (χ3v) is 4.04. The molecule has 2 rings (SSSR count). The number of allylic oxidation sites excluding steroid dienone is 2. The number of Topliss-reactive ketones (excluding diaryl/α,β-unsaturated/α-hetero) is 1. The molecule has 0 bridgehead atoms. The molecule has 1 aliphatic carbocycles. The Kier molecular flexibility index (Phi) is 5.26. The van der Waals surface area contributed by atoms with Crippen molar-refractivity contribution >= 4 is 11.5 Å². The van der Waals surface area contributed by atoms with Crippen LogP contribution in [0.3, 0.4) is 0 Å². The van der Waals surface area contributed by atoms with Gasteiger partial charge in [-0.3, -0.25) is 9.79 Å². The van der Waals surface area contributed by atoms with Crippen LogP contribution in [-0.2, 0) is 11.3 Å². The summed E-state index contributed by atoms with van der Waals surface area (Å²) in [6.45, 7) is 3.35. The van der Waals surface area contributed by atoms with Crippen molar-refractivity contribution in [3.63, 3.8) is 0 Å². The average Bonchev–Trinajstić information content (AvgIpc) is 2.51. The zero-order chi connectivity index (χ0) is 19.8. The maximum atomic E-state index is 13.6. The molecule has 3 nitrogen and oxygen atoms in total. The molecule has 1 aromatic rings. The molecule has 26 heavy (non-hydrogen) atoms. The van der Waals surface area contributed by atoms with Gasteiger partial charge in [0.25, 0.3) is 0 Å². The molecule has 0 unspecified atom stereocenters. The summed E-state index contributed by atoms with van der Waals surface area (Å²) in [4.78, 5) is 16.3. The quantitative estimate of drug-likeness (QED) is 0.458. The van der Waals surface area contributed by atoms with Crippen LogP contribution in [0.4, 0.5) is 22.0 Å². The number of nitrogens with zero attached hydrogens (tertiary/aromatic N) is 1. The number of ketones is 1. The topological polar surface area (TPSA) is 49.7 Å². The second kappa shape index (κ2) is 6.81. The van der Waals surface area contributed by atoms with Crippen LogP contribution in [0.25, 0.3) is 0 Å². The molecule has 0 heterocycles. The third kappa shape index (κ3) is 4.11. The molecule has 0 amide bonds. The smallest absolute Gasteiger partial charge is 0.461 e. The number of carbonyl (C=O) groups is 1. The van der Waals surface area contributed by atoms with Crippen molar-refractivity contribution in [1.29, 1.82) is 0 Å². The predicted octanol–water partition coefficient (Wildman–Crippen LogP) is 5.03. The Labute approximate surface area is 147 Å². The fourth-order valence-electron chi connectivity index (χ4n) is 2.75. The summed E-state index contributed by atoms with van der Waals surface area (Å²) in [5.41, 5.74) is -1.24. The van der Waals surface area contributed by atoms with Crippen molar-refractivity contribution in [2.75, 3.05) is 0 Å². The van der Waals surface area contributed by atoms with Gasteiger partial charge < -0.3 is 5.11 Å².